The number of amides is 1. The molecule has 0 bridgehead atoms. The lowest BCUT2D eigenvalue weighted by molar-refractivity contribution is 0.102. The normalized spacial score (nSPS) is 15.3. The summed E-state index contributed by atoms with van der Waals surface area (Å²) in [5.41, 5.74) is 1.41. The average molecular weight is 313 g/mol. The second-order valence-electron chi connectivity index (χ2n) is 5.87. The predicted molar refractivity (Wildman–Crippen MR) is 87.9 cm³/mol. The summed E-state index contributed by atoms with van der Waals surface area (Å²) in [7, 11) is 0. The maximum Gasteiger partial charge on any atom is 0.256 e. The van der Waals surface area contributed by atoms with Gasteiger partial charge in [0.05, 0.1) is 0 Å². The Balaban J connectivity index is 1.64. The van der Waals surface area contributed by atoms with E-state index in [1.54, 1.807) is 6.07 Å². The first-order valence-corrected chi connectivity index (χ1v) is 7.94. The maximum atomic E-state index is 12.9. The van der Waals surface area contributed by atoms with E-state index in [-0.39, 0.29) is 11.7 Å². The van der Waals surface area contributed by atoms with E-state index in [1.165, 1.54) is 24.3 Å². The van der Waals surface area contributed by atoms with Gasteiger partial charge in [0.15, 0.2) is 0 Å². The van der Waals surface area contributed by atoms with Crippen molar-refractivity contribution >= 4 is 11.7 Å². The smallest absolute Gasteiger partial charge is 0.256 e. The highest BCUT2D eigenvalue weighted by Gasteiger charge is 2.14. The van der Waals surface area contributed by atoms with Crippen molar-refractivity contribution in [1.82, 2.24) is 10.3 Å². The number of carbonyl (C=O) groups excluding carboxylic acids is 1. The summed E-state index contributed by atoms with van der Waals surface area (Å²) in [6, 6.07) is 11.1. The van der Waals surface area contributed by atoms with Gasteiger partial charge in [0.2, 0.25) is 0 Å². The van der Waals surface area contributed by atoms with E-state index in [1.807, 2.05) is 12.1 Å². The fourth-order valence-electron chi connectivity index (χ4n) is 2.83. The Morgan fingerprint density at radius 3 is 2.65 bits per heavy atom. The molecule has 5 heteroatoms. The van der Waals surface area contributed by atoms with Crippen LogP contribution in [0, 0.1) is 11.7 Å². The standard InChI is InChI=1S/C18H20FN3O/c19-15-6-4-14(5-7-15)18(23)22-17-3-1-2-16(21-17)12-13-8-10-20-11-9-13/h1-7,13,20H,8-12H2,(H,21,22,23). The van der Waals surface area contributed by atoms with Crippen LogP contribution in [-0.2, 0) is 6.42 Å². The number of rotatable bonds is 4. The molecular formula is C18H20FN3O. The second kappa shape index (κ2) is 7.33. The summed E-state index contributed by atoms with van der Waals surface area (Å²) in [5, 5.41) is 6.13. The number of hydrogen-bond donors (Lipinski definition) is 2. The van der Waals surface area contributed by atoms with Crippen molar-refractivity contribution in [3.8, 4) is 0 Å². The SMILES string of the molecule is O=C(Nc1cccc(CC2CCNCC2)n1)c1ccc(F)cc1. The molecule has 1 aromatic carbocycles. The Bertz CT molecular complexity index is 666. The maximum absolute atomic E-state index is 12.9. The van der Waals surface area contributed by atoms with E-state index in [0.717, 1.165) is 38.0 Å². The van der Waals surface area contributed by atoms with Gasteiger partial charge in [-0.1, -0.05) is 6.07 Å². The molecule has 0 aliphatic carbocycles. The molecule has 1 aliphatic heterocycles. The highest BCUT2D eigenvalue weighted by atomic mass is 19.1. The molecule has 0 unspecified atom stereocenters. The van der Waals surface area contributed by atoms with Crippen molar-refractivity contribution in [1.29, 1.82) is 0 Å². The minimum absolute atomic E-state index is 0.281. The number of carbonyl (C=O) groups is 1. The molecule has 0 atom stereocenters. The molecule has 120 valence electrons. The van der Waals surface area contributed by atoms with Crippen molar-refractivity contribution in [2.75, 3.05) is 18.4 Å². The number of halogens is 1. The van der Waals surface area contributed by atoms with Crippen molar-refractivity contribution in [3.63, 3.8) is 0 Å². The van der Waals surface area contributed by atoms with Crippen LogP contribution in [-0.4, -0.2) is 24.0 Å². The summed E-state index contributed by atoms with van der Waals surface area (Å²) in [6.07, 6.45) is 3.25. The topological polar surface area (TPSA) is 54.0 Å². The van der Waals surface area contributed by atoms with Crippen molar-refractivity contribution in [3.05, 3.63) is 59.5 Å². The summed E-state index contributed by atoms with van der Waals surface area (Å²) in [6.45, 7) is 2.12. The van der Waals surface area contributed by atoms with Crippen LogP contribution < -0.4 is 10.6 Å². The molecule has 1 aliphatic rings. The van der Waals surface area contributed by atoms with E-state index in [4.69, 9.17) is 0 Å². The Morgan fingerprint density at radius 2 is 1.91 bits per heavy atom. The molecule has 2 heterocycles. The van der Waals surface area contributed by atoms with Gasteiger partial charge in [-0.25, -0.2) is 9.37 Å². The summed E-state index contributed by atoms with van der Waals surface area (Å²) in [5.74, 6) is 0.540. The molecule has 2 N–H and O–H groups in total. The molecule has 0 radical (unpaired) electrons. The summed E-state index contributed by atoms with van der Waals surface area (Å²) >= 11 is 0. The lowest BCUT2D eigenvalue weighted by Gasteiger charge is -2.22. The van der Waals surface area contributed by atoms with E-state index in [9.17, 15) is 9.18 Å². The van der Waals surface area contributed by atoms with Gasteiger partial charge in [-0.15, -0.1) is 0 Å². The largest absolute Gasteiger partial charge is 0.317 e. The molecule has 0 saturated carbocycles. The Hall–Kier alpha value is -2.27. The van der Waals surface area contributed by atoms with Crippen LogP contribution in [0.25, 0.3) is 0 Å². The number of hydrogen-bond acceptors (Lipinski definition) is 3. The van der Waals surface area contributed by atoms with Crippen LogP contribution in [0.2, 0.25) is 0 Å². The quantitative estimate of drug-likeness (QED) is 0.912. The molecule has 1 saturated heterocycles. The number of nitrogens with zero attached hydrogens (tertiary/aromatic N) is 1. The van der Waals surface area contributed by atoms with Gasteiger partial charge in [-0.05, 0) is 74.7 Å². The second-order valence-corrected chi connectivity index (χ2v) is 5.87. The van der Waals surface area contributed by atoms with Crippen LogP contribution in [0.1, 0.15) is 28.9 Å². The Kier molecular flexibility index (Phi) is 4.98. The third-order valence-corrected chi connectivity index (χ3v) is 4.11. The van der Waals surface area contributed by atoms with Gasteiger partial charge in [0.25, 0.3) is 5.91 Å². The molecule has 3 rings (SSSR count). The molecule has 23 heavy (non-hydrogen) atoms. The van der Waals surface area contributed by atoms with Crippen LogP contribution in [0.5, 0.6) is 0 Å². The molecule has 0 spiro atoms. The molecule has 1 fully saturated rings. The average Bonchev–Trinajstić information content (AvgIpc) is 2.57. The van der Waals surface area contributed by atoms with Gasteiger partial charge in [0, 0.05) is 11.3 Å². The Labute approximate surface area is 135 Å². The summed E-state index contributed by atoms with van der Waals surface area (Å²) in [4.78, 5) is 16.7. The van der Waals surface area contributed by atoms with Gasteiger partial charge < -0.3 is 10.6 Å². The van der Waals surface area contributed by atoms with Crippen molar-refractivity contribution in [2.24, 2.45) is 5.92 Å². The van der Waals surface area contributed by atoms with Gasteiger partial charge in [-0.2, -0.15) is 0 Å². The van der Waals surface area contributed by atoms with Crippen LogP contribution >= 0.6 is 0 Å². The lowest BCUT2D eigenvalue weighted by atomic mass is 9.93. The minimum Gasteiger partial charge on any atom is -0.317 e. The number of nitrogens with one attached hydrogen (secondary N) is 2. The first kappa shape index (κ1) is 15.6. The van der Waals surface area contributed by atoms with Gasteiger partial charge >= 0.3 is 0 Å². The number of aromatic nitrogens is 1. The zero-order chi connectivity index (χ0) is 16.1. The van der Waals surface area contributed by atoms with E-state index >= 15 is 0 Å². The zero-order valence-electron chi connectivity index (χ0n) is 12.9. The first-order valence-electron chi connectivity index (χ1n) is 7.94. The van der Waals surface area contributed by atoms with Gasteiger partial charge in [0.1, 0.15) is 11.6 Å². The zero-order valence-corrected chi connectivity index (χ0v) is 12.9. The summed E-state index contributed by atoms with van der Waals surface area (Å²) < 4.78 is 12.9. The fourth-order valence-corrected chi connectivity index (χ4v) is 2.83. The molecule has 4 nitrogen and oxygen atoms in total. The van der Waals surface area contributed by atoms with Gasteiger partial charge in [-0.3, -0.25) is 4.79 Å². The fraction of sp³-hybridized carbons (Fsp3) is 0.333. The number of pyridine rings is 1. The molecular weight excluding hydrogens is 293 g/mol. The predicted octanol–water partition coefficient (Wildman–Crippen LogP) is 3.02. The van der Waals surface area contributed by atoms with Crippen molar-refractivity contribution < 1.29 is 9.18 Å². The lowest BCUT2D eigenvalue weighted by Crippen LogP contribution is -2.28. The van der Waals surface area contributed by atoms with Crippen LogP contribution in [0.3, 0.4) is 0 Å². The first-order chi connectivity index (χ1) is 11.2. The van der Waals surface area contributed by atoms with Crippen LogP contribution in [0.15, 0.2) is 42.5 Å². The third kappa shape index (κ3) is 4.36. The van der Waals surface area contributed by atoms with Crippen LogP contribution in [0.4, 0.5) is 10.2 Å². The highest BCUT2D eigenvalue weighted by Crippen LogP contribution is 2.18. The minimum atomic E-state index is -0.358. The van der Waals surface area contributed by atoms with E-state index in [0.29, 0.717) is 17.3 Å². The van der Waals surface area contributed by atoms with Crippen molar-refractivity contribution in [2.45, 2.75) is 19.3 Å². The molecule has 1 amide bonds. The number of anilines is 1. The molecule has 1 aromatic heterocycles. The monoisotopic (exact) mass is 313 g/mol. The van der Waals surface area contributed by atoms with E-state index in [2.05, 4.69) is 15.6 Å². The number of benzene rings is 1. The molecule has 2 aromatic rings. The Morgan fingerprint density at radius 1 is 1.17 bits per heavy atom. The third-order valence-electron chi connectivity index (χ3n) is 4.11. The highest BCUT2D eigenvalue weighted by molar-refractivity contribution is 6.03. The van der Waals surface area contributed by atoms with E-state index < -0.39 is 0 Å². The number of piperidine rings is 1.